The van der Waals surface area contributed by atoms with Crippen molar-refractivity contribution < 1.29 is 9.62 Å². The average molecular weight is 212 g/mol. The molecule has 0 fully saturated rings. The van der Waals surface area contributed by atoms with Gasteiger partial charge in [0.05, 0.1) is 0 Å². The Bertz CT molecular complexity index is 674. The normalized spacial score (nSPS) is 12.4. The number of pyridine rings is 1. The third-order valence-electron chi connectivity index (χ3n) is 2.46. The van der Waals surface area contributed by atoms with Crippen LogP contribution in [0.15, 0.2) is 52.2 Å². The van der Waals surface area contributed by atoms with Gasteiger partial charge in [-0.2, -0.15) is 0 Å². The van der Waals surface area contributed by atoms with Crippen LogP contribution in [0.3, 0.4) is 0 Å². The fraction of sp³-hybridized carbons (Fsp3) is 0. The minimum absolute atomic E-state index is 0.442. The van der Waals surface area contributed by atoms with Gasteiger partial charge in [0, 0.05) is 11.6 Å². The first kappa shape index (κ1) is 8.91. The van der Waals surface area contributed by atoms with Gasteiger partial charge in [-0.3, -0.25) is 4.98 Å². The average Bonchev–Trinajstić information content (AvgIpc) is 2.36. The van der Waals surface area contributed by atoms with Gasteiger partial charge in [0.1, 0.15) is 16.5 Å². The Labute approximate surface area is 90.5 Å². The van der Waals surface area contributed by atoms with E-state index in [9.17, 15) is 0 Å². The van der Waals surface area contributed by atoms with Crippen molar-refractivity contribution in [1.29, 1.82) is 0 Å². The quantitative estimate of drug-likeness (QED) is 0.353. The summed E-state index contributed by atoms with van der Waals surface area (Å²) in [6.07, 6.45) is 1.64. The van der Waals surface area contributed by atoms with Crippen molar-refractivity contribution >= 4 is 22.1 Å². The Morgan fingerprint density at radius 1 is 1.06 bits per heavy atom. The summed E-state index contributed by atoms with van der Waals surface area (Å²) in [4.78, 5) is 4.15. The summed E-state index contributed by atoms with van der Waals surface area (Å²) in [6.45, 7) is 0. The second kappa shape index (κ2) is 3.34. The Hall–Kier alpha value is -2.36. The van der Waals surface area contributed by atoms with E-state index in [2.05, 4.69) is 10.1 Å². The molecule has 0 aliphatic rings. The maximum Gasteiger partial charge on any atom is 0.155 e. The third kappa shape index (κ3) is 1.16. The molecule has 0 saturated heterocycles. The van der Waals surface area contributed by atoms with Crippen LogP contribution >= 0.6 is 0 Å². The first-order valence-electron chi connectivity index (χ1n) is 4.85. The molecule has 0 atom stereocenters. The number of fused-ring (bicyclic) bond motifs is 2. The molecule has 0 aliphatic carbocycles. The van der Waals surface area contributed by atoms with Gasteiger partial charge in [-0.1, -0.05) is 17.3 Å². The predicted octanol–water partition coefficient (Wildman–Crippen LogP) is 2.27. The molecule has 0 amide bonds. The van der Waals surface area contributed by atoms with Gasteiger partial charge in [-0.25, -0.2) is 0 Å². The van der Waals surface area contributed by atoms with E-state index in [1.54, 1.807) is 18.3 Å². The third-order valence-corrected chi connectivity index (χ3v) is 2.46. The molecule has 0 spiro atoms. The number of nitrogens with zero attached hydrogens (tertiary/aromatic N) is 2. The number of aromatic nitrogens is 1. The van der Waals surface area contributed by atoms with Crippen LogP contribution in [0.4, 0.5) is 0 Å². The number of hydrogen-bond donors (Lipinski definition) is 1. The van der Waals surface area contributed by atoms with E-state index in [0.29, 0.717) is 22.0 Å². The van der Waals surface area contributed by atoms with Crippen LogP contribution in [-0.4, -0.2) is 10.2 Å². The van der Waals surface area contributed by atoms with Crippen molar-refractivity contribution in [2.24, 2.45) is 5.16 Å². The van der Waals surface area contributed by atoms with E-state index in [1.807, 2.05) is 24.3 Å². The number of hydrogen-bond acceptors (Lipinski definition) is 4. The Balaban J connectivity index is 2.68. The predicted molar refractivity (Wildman–Crippen MR) is 58.9 cm³/mol. The van der Waals surface area contributed by atoms with Gasteiger partial charge in [0.2, 0.25) is 0 Å². The van der Waals surface area contributed by atoms with Crippen LogP contribution in [0.2, 0.25) is 0 Å². The molecular formula is C12H8N2O2. The van der Waals surface area contributed by atoms with Crippen molar-refractivity contribution in [1.82, 2.24) is 4.98 Å². The Morgan fingerprint density at radius 3 is 2.75 bits per heavy atom. The molecule has 78 valence electrons. The van der Waals surface area contributed by atoms with Gasteiger partial charge in [-0.05, 0) is 24.3 Å². The topological polar surface area (TPSA) is 58.6 Å². The van der Waals surface area contributed by atoms with Crippen molar-refractivity contribution in [2.45, 2.75) is 0 Å². The minimum atomic E-state index is 0.442. The number of benzene rings is 1. The van der Waals surface area contributed by atoms with Crippen molar-refractivity contribution in [3.05, 3.63) is 48.0 Å². The van der Waals surface area contributed by atoms with Gasteiger partial charge in [-0.15, -0.1) is 0 Å². The van der Waals surface area contributed by atoms with Crippen LogP contribution in [0.5, 0.6) is 0 Å². The molecule has 0 unspecified atom stereocenters. The fourth-order valence-corrected chi connectivity index (χ4v) is 1.75. The highest BCUT2D eigenvalue weighted by atomic mass is 16.4. The first-order chi connectivity index (χ1) is 7.90. The molecule has 2 heterocycles. The molecule has 0 aliphatic heterocycles. The summed E-state index contributed by atoms with van der Waals surface area (Å²) in [5.74, 6) is 0. The van der Waals surface area contributed by atoms with E-state index in [-0.39, 0.29) is 0 Å². The molecule has 0 radical (unpaired) electrons. The zero-order valence-electron chi connectivity index (χ0n) is 8.29. The summed E-state index contributed by atoms with van der Waals surface area (Å²) in [7, 11) is 0. The Morgan fingerprint density at radius 2 is 1.88 bits per heavy atom. The first-order valence-corrected chi connectivity index (χ1v) is 4.85. The molecule has 4 heteroatoms. The van der Waals surface area contributed by atoms with Crippen LogP contribution in [0, 0.1) is 0 Å². The molecule has 1 aromatic carbocycles. The molecule has 0 saturated carbocycles. The highest BCUT2D eigenvalue weighted by Crippen LogP contribution is 2.16. The van der Waals surface area contributed by atoms with Crippen molar-refractivity contribution in [2.75, 3.05) is 0 Å². The van der Waals surface area contributed by atoms with Crippen molar-refractivity contribution in [3.63, 3.8) is 0 Å². The zero-order chi connectivity index (χ0) is 11.0. The summed E-state index contributed by atoms with van der Waals surface area (Å²) >= 11 is 0. The molecule has 2 aromatic heterocycles. The number of para-hydroxylation sites is 1. The van der Waals surface area contributed by atoms with Crippen molar-refractivity contribution in [3.8, 4) is 0 Å². The second-order valence-electron chi connectivity index (χ2n) is 3.40. The van der Waals surface area contributed by atoms with Crippen LogP contribution < -0.4 is 5.36 Å². The van der Waals surface area contributed by atoms with Crippen LogP contribution in [0.25, 0.3) is 22.1 Å². The largest absolute Gasteiger partial charge is 0.454 e. The maximum atomic E-state index is 9.08. The van der Waals surface area contributed by atoms with Gasteiger partial charge >= 0.3 is 0 Å². The van der Waals surface area contributed by atoms with Gasteiger partial charge < -0.3 is 9.62 Å². The lowest BCUT2D eigenvalue weighted by Crippen LogP contribution is -2.06. The lowest BCUT2D eigenvalue weighted by molar-refractivity contribution is 0.303. The molecule has 3 aromatic rings. The number of rotatable bonds is 0. The van der Waals surface area contributed by atoms with E-state index in [1.165, 1.54) is 0 Å². The molecular weight excluding hydrogens is 204 g/mol. The zero-order valence-corrected chi connectivity index (χ0v) is 8.29. The highest BCUT2D eigenvalue weighted by molar-refractivity contribution is 5.86. The van der Waals surface area contributed by atoms with Gasteiger partial charge in [0.15, 0.2) is 5.58 Å². The molecule has 4 nitrogen and oxygen atoms in total. The molecule has 16 heavy (non-hydrogen) atoms. The van der Waals surface area contributed by atoms with Crippen LogP contribution in [-0.2, 0) is 0 Å². The smallest absolute Gasteiger partial charge is 0.155 e. The fourth-order valence-electron chi connectivity index (χ4n) is 1.75. The van der Waals surface area contributed by atoms with Gasteiger partial charge in [0.25, 0.3) is 0 Å². The molecule has 3 rings (SSSR count). The summed E-state index contributed by atoms with van der Waals surface area (Å²) < 4.78 is 5.66. The summed E-state index contributed by atoms with van der Waals surface area (Å²) in [6, 6.07) is 11.0. The maximum absolute atomic E-state index is 9.08. The van der Waals surface area contributed by atoms with E-state index >= 15 is 0 Å². The van der Waals surface area contributed by atoms with E-state index in [4.69, 9.17) is 9.62 Å². The monoisotopic (exact) mass is 212 g/mol. The molecule has 0 bridgehead atoms. The lowest BCUT2D eigenvalue weighted by Gasteiger charge is -2.00. The minimum Gasteiger partial charge on any atom is -0.454 e. The van der Waals surface area contributed by atoms with E-state index < -0.39 is 0 Å². The summed E-state index contributed by atoms with van der Waals surface area (Å²) in [5.41, 5.74) is 1.84. The van der Waals surface area contributed by atoms with Crippen LogP contribution in [0.1, 0.15) is 0 Å². The van der Waals surface area contributed by atoms with E-state index in [0.717, 1.165) is 5.39 Å². The second-order valence-corrected chi connectivity index (χ2v) is 3.40. The molecule has 1 N–H and O–H groups in total. The highest BCUT2D eigenvalue weighted by Gasteiger charge is 2.05. The Kier molecular flexibility index (Phi) is 1.86. The SMILES string of the molecule is O/N=c1/c2ccccc2oc2cccnc12. The lowest BCUT2D eigenvalue weighted by atomic mass is 10.2. The summed E-state index contributed by atoms with van der Waals surface area (Å²) in [5, 5.41) is 13.6. The standard InChI is InChI=1S/C12H8N2O2/c15-14-11-8-4-1-2-5-9(8)16-10-6-3-7-13-12(10)11/h1-7,15H/b14-11-.